The largest absolute Gasteiger partial charge is 0.395 e. The number of halogens is 2. The molecule has 1 amide bonds. The maximum absolute atomic E-state index is 16.2. The highest BCUT2D eigenvalue weighted by molar-refractivity contribution is 6.72. The number of ether oxygens (including phenoxy) is 1. The zero-order chi connectivity index (χ0) is 33.2. The zero-order valence-corrected chi connectivity index (χ0v) is 29.5. The summed E-state index contributed by atoms with van der Waals surface area (Å²) >= 11 is 6.52. The Morgan fingerprint density at radius 3 is 2.59 bits per heavy atom. The highest BCUT2D eigenvalue weighted by Crippen LogP contribution is 2.60. The van der Waals surface area contributed by atoms with Gasteiger partial charge in [0.2, 0.25) is 8.41 Å². The number of hydrogen-bond acceptors (Lipinski definition) is 5. The summed E-state index contributed by atoms with van der Waals surface area (Å²) in [7, 11) is -3.32. The van der Waals surface area contributed by atoms with E-state index in [1.165, 1.54) is 11.1 Å². The summed E-state index contributed by atoms with van der Waals surface area (Å²) in [5.41, 5.74) is 3.85. The first-order valence-corrected chi connectivity index (χ1v) is 19.5. The second kappa shape index (κ2) is 13.9. The number of hydrogen-bond donors (Lipinski definition) is 1. The molecule has 5 atom stereocenters. The Morgan fingerprint density at radius 1 is 1.17 bits per heavy atom. The summed E-state index contributed by atoms with van der Waals surface area (Å²) in [6.45, 7) is 12.4. The van der Waals surface area contributed by atoms with E-state index < -0.39 is 31.6 Å². The number of carbonyl (C=O) groups excluding carboxylic acids is 1. The Kier molecular flexibility index (Phi) is 10.4. The smallest absolute Gasteiger partial charge is 0.264 e. The van der Waals surface area contributed by atoms with Crippen molar-refractivity contribution in [3.8, 4) is 0 Å². The van der Waals surface area contributed by atoms with Crippen LogP contribution in [0.4, 0.5) is 9.80 Å². The maximum atomic E-state index is 16.2. The van der Waals surface area contributed by atoms with Gasteiger partial charge in [-0.1, -0.05) is 77.4 Å². The molecule has 2 aromatic carbocycles. The molecule has 46 heavy (non-hydrogen) atoms. The van der Waals surface area contributed by atoms with Crippen molar-refractivity contribution in [3.63, 3.8) is 0 Å². The van der Waals surface area contributed by atoms with Crippen LogP contribution in [-0.4, -0.2) is 53.7 Å². The Labute approximate surface area is 278 Å². The first kappa shape index (κ1) is 34.2. The Morgan fingerprint density at radius 2 is 1.91 bits per heavy atom. The molecule has 5 rings (SSSR count). The van der Waals surface area contributed by atoms with Gasteiger partial charge in [-0.25, -0.2) is 0 Å². The quantitative estimate of drug-likeness (QED) is 0.121. The third kappa shape index (κ3) is 6.79. The lowest BCUT2D eigenvalue weighted by Crippen LogP contribution is -2.45. The molecular weight excluding hydrogens is 619 g/mol. The van der Waals surface area contributed by atoms with Crippen molar-refractivity contribution in [1.82, 2.24) is 15.0 Å². The fourth-order valence-electron chi connectivity index (χ4n) is 7.31. The SMILES string of the molecule is CC(C)=CCC/C(C)=C/CN1C(=O)[C@]2(O[C@H](CCn3cc(C(CO)c4ccccc4)nn3)[C@@H]([Si](C)(C)F)[C@@H]2C)c2cc(Cl)ccc21. The Balaban J connectivity index is 1.41. The second-order valence-corrected chi connectivity index (χ2v) is 17.8. The number of anilines is 1. The molecule has 1 N–H and O–H groups in total. The van der Waals surface area contributed by atoms with Crippen LogP contribution >= 0.6 is 11.6 Å². The predicted molar refractivity (Wildman–Crippen MR) is 184 cm³/mol. The zero-order valence-electron chi connectivity index (χ0n) is 27.7. The minimum atomic E-state index is -3.32. The van der Waals surface area contributed by atoms with Gasteiger partial charge in [-0.2, -0.15) is 0 Å². The van der Waals surface area contributed by atoms with Gasteiger partial charge in [0.05, 0.1) is 30.0 Å². The molecule has 2 aliphatic heterocycles. The molecule has 1 aromatic heterocycles. The normalized spacial score (nSPS) is 23.7. The number of allylic oxidation sites excluding steroid dienone is 3. The minimum Gasteiger partial charge on any atom is -0.395 e. The van der Waals surface area contributed by atoms with E-state index in [1.807, 2.05) is 55.6 Å². The van der Waals surface area contributed by atoms with E-state index >= 15 is 4.11 Å². The number of carbonyl (C=O) groups is 1. The van der Waals surface area contributed by atoms with Crippen molar-refractivity contribution in [3.05, 3.63) is 99.9 Å². The van der Waals surface area contributed by atoms with E-state index in [4.69, 9.17) is 16.3 Å². The fraction of sp³-hybridized carbons (Fsp3) is 0.472. The summed E-state index contributed by atoms with van der Waals surface area (Å²) in [4.78, 5) is 16.3. The van der Waals surface area contributed by atoms with E-state index in [-0.39, 0.29) is 18.4 Å². The van der Waals surface area contributed by atoms with Gasteiger partial charge in [0, 0.05) is 41.3 Å². The van der Waals surface area contributed by atoms with E-state index in [0.717, 1.165) is 29.7 Å². The van der Waals surface area contributed by atoms with Crippen LogP contribution in [-0.2, 0) is 21.7 Å². The molecule has 3 heterocycles. The molecule has 10 heteroatoms. The average Bonchev–Trinajstić information content (AvgIpc) is 3.65. The topological polar surface area (TPSA) is 80.5 Å². The van der Waals surface area contributed by atoms with Crippen LogP contribution in [0.2, 0.25) is 23.7 Å². The van der Waals surface area contributed by atoms with Crippen molar-refractivity contribution in [2.45, 2.75) is 89.8 Å². The molecule has 3 aromatic rings. The lowest BCUT2D eigenvalue weighted by molar-refractivity contribution is -0.145. The second-order valence-electron chi connectivity index (χ2n) is 13.6. The fourth-order valence-corrected chi connectivity index (χ4v) is 10.0. The summed E-state index contributed by atoms with van der Waals surface area (Å²) in [5, 5.41) is 19.3. The number of amides is 1. The number of aryl methyl sites for hydroxylation is 1. The van der Waals surface area contributed by atoms with Gasteiger partial charge in [-0.3, -0.25) is 9.48 Å². The molecule has 0 saturated carbocycles. The molecule has 1 unspecified atom stereocenters. The molecule has 0 aliphatic carbocycles. The highest BCUT2D eigenvalue weighted by Gasteiger charge is 2.66. The van der Waals surface area contributed by atoms with Crippen molar-refractivity contribution in [2.75, 3.05) is 18.1 Å². The summed E-state index contributed by atoms with van der Waals surface area (Å²) in [6, 6.07) is 15.2. The van der Waals surface area contributed by atoms with Crippen molar-refractivity contribution < 1.29 is 18.7 Å². The van der Waals surface area contributed by atoms with Crippen molar-refractivity contribution >= 4 is 31.6 Å². The van der Waals surface area contributed by atoms with Crippen LogP contribution in [0.3, 0.4) is 0 Å². The van der Waals surface area contributed by atoms with Crippen molar-refractivity contribution in [1.29, 1.82) is 0 Å². The van der Waals surface area contributed by atoms with E-state index in [0.29, 0.717) is 30.2 Å². The third-order valence-electron chi connectivity index (χ3n) is 9.58. The molecule has 2 aliphatic rings. The first-order chi connectivity index (χ1) is 21.9. The number of aliphatic hydroxyl groups excluding tert-OH is 1. The predicted octanol–water partition coefficient (Wildman–Crippen LogP) is 7.96. The minimum absolute atomic E-state index is 0.0943. The van der Waals surface area contributed by atoms with Crippen LogP contribution in [0.5, 0.6) is 0 Å². The summed E-state index contributed by atoms with van der Waals surface area (Å²) in [6.07, 6.45) is 7.98. The average molecular weight is 665 g/mol. The number of aliphatic hydroxyl groups is 1. The Hall–Kier alpha value is -3.11. The molecule has 246 valence electrons. The number of fused-ring (bicyclic) bond motifs is 2. The maximum Gasteiger partial charge on any atom is 0.264 e. The third-order valence-corrected chi connectivity index (χ3v) is 12.3. The van der Waals surface area contributed by atoms with Crippen LogP contribution in [0.15, 0.2) is 78.0 Å². The monoisotopic (exact) mass is 664 g/mol. The number of aromatic nitrogens is 3. The lowest BCUT2D eigenvalue weighted by atomic mass is 9.82. The van der Waals surface area contributed by atoms with Crippen LogP contribution in [0, 0.1) is 5.92 Å². The van der Waals surface area contributed by atoms with Gasteiger partial charge in [0.1, 0.15) is 0 Å². The molecule has 1 saturated heterocycles. The van der Waals surface area contributed by atoms with Crippen molar-refractivity contribution in [2.24, 2.45) is 5.92 Å². The lowest BCUT2D eigenvalue weighted by Gasteiger charge is -2.31. The van der Waals surface area contributed by atoms with Gasteiger partial charge in [-0.05, 0) is 76.9 Å². The molecular formula is C36H46ClFN4O3Si. The van der Waals surface area contributed by atoms with Crippen LogP contribution in [0.25, 0.3) is 0 Å². The Bertz CT molecular complexity index is 1600. The molecule has 1 fully saturated rings. The molecule has 0 radical (unpaired) electrons. The van der Waals surface area contributed by atoms with Gasteiger partial charge in [0.25, 0.3) is 5.91 Å². The summed E-state index contributed by atoms with van der Waals surface area (Å²) < 4.78 is 24.8. The van der Waals surface area contributed by atoms with Gasteiger partial charge >= 0.3 is 0 Å². The molecule has 7 nitrogen and oxygen atoms in total. The van der Waals surface area contributed by atoms with E-state index in [9.17, 15) is 9.90 Å². The number of rotatable bonds is 12. The van der Waals surface area contributed by atoms with Crippen LogP contribution in [0.1, 0.15) is 69.7 Å². The van der Waals surface area contributed by atoms with E-state index in [2.05, 4.69) is 43.2 Å². The first-order valence-electron chi connectivity index (χ1n) is 16.2. The number of benzene rings is 2. The standard InChI is InChI=1S/C36H46ClFN4O3Si/c1-24(2)11-10-12-25(3)17-20-42-32-16-15-28(37)21-30(32)36(35(42)44)26(4)34(46(5,6)38)33(45-36)18-19-41-22-31(39-40-41)29(23-43)27-13-8-7-9-14-27/h7-9,11,13-17,21-22,26,29,33-34,43H,10,12,18-20,23H2,1-6H3/b25-17+/t26-,29?,33+,34-,36+/m0/s1. The van der Waals surface area contributed by atoms with Crippen LogP contribution < -0.4 is 4.90 Å². The number of nitrogens with zero attached hydrogens (tertiary/aromatic N) is 4. The van der Waals surface area contributed by atoms with Gasteiger partial charge in [0.15, 0.2) is 5.60 Å². The van der Waals surface area contributed by atoms with Gasteiger partial charge < -0.3 is 18.9 Å². The molecule has 1 spiro atoms. The summed E-state index contributed by atoms with van der Waals surface area (Å²) in [5.74, 6) is -0.850. The van der Waals surface area contributed by atoms with Gasteiger partial charge in [-0.15, -0.1) is 5.10 Å². The molecule has 0 bridgehead atoms. The highest BCUT2D eigenvalue weighted by atomic mass is 35.5. The van der Waals surface area contributed by atoms with E-state index in [1.54, 1.807) is 28.7 Å².